The summed E-state index contributed by atoms with van der Waals surface area (Å²) in [6, 6.07) is 8.65. The monoisotopic (exact) mass is 417 g/mol. The van der Waals surface area contributed by atoms with Gasteiger partial charge in [-0.2, -0.15) is 0 Å². The highest BCUT2D eigenvalue weighted by Crippen LogP contribution is 2.33. The van der Waals surface area contributed by atoms with Gasteiger partial charge in [0.1, 0.15) is 0 Å². The minimum Gasteiger partial charge on any atom is -0.478 e. The van der Waals surface area contributed by atoms with E-state index >= 15 is 0 Å². The van der Waals surface area contributed by atoms with Crippen molar-refractivity contribution in [2.45, 2.75) is 24.7 Å². The summed E-state index contributed by atoms with van der Waals surface area (Å²) in [4.78, 5) is 27.6. The molecule has 1 aliphatic heterocycles. The van der Waals surface area contributed by atoms with Crippen molar-refractivity contribution in [2.75, 3.05) is 25.9 Å². The number of aliphatic carboxylic acids is 2. The molecule has 1 saturated heterocycles. The second-order valence-corrected chi connectivity index (χ2v) is 7.78. The summed E-state index contributed by atoms with van der Waals surface area (Å²) in [6.07, 6.45) is 3.52. The summed E-state index contributed by atoms with van der Waals surface area (Å²) in [6.45, 7) is 4.28. The Morgan fingerprint density at radius 1 is 1.17 bits per heavy atom. The molecule has 2 heterocycles. The summed E-state index contributed by atoms with van der Waals surface area (Å²) in [5.74, 6) is -0.184. The summed E-state index contributed by atoms with van der Waals surface area (Å²) >= 11 is 1.94. The molecule has 29 heavy (non-hydrogen) atoms. The first-order chi connectivity index (χ1) is 13.8. The molecule has 2 N–H and O–H groups in total. The van der Waals surface area contributed by atoms with Crippen molar-refractivity contribution in [1.82, 2.24) is 9.47 Å². The Labute approximate surface area is 174 Å². The van der Waals surface area contributed by atoms with Gasteiger partial charge in [0.05, 0.1) is 12.4 Å². The first-order valence-electron chi connectivity index (χ1n) is 9.36. The van der Waals surface area contributed by atoms with Crippen LogP contribution in [0, 0.1) is 6.92 Å². The Bertz CT molecular complexity index is 917. The molecule has 3 rings (SSSR count). The third-order valence-electron chi connectivity index (χ3n) is 4.68. The molecule has 2 aromatic rings. The molecule has 1 aliphatic rings. The van der Waals surface area contributed by atoms with Gasteiger partial charge in [0.15, 0.2) is 0 Å². The van der Waals surface area contributed by atoms with Crippen molar-refractivity contribution in [3.63, 3.8) is 0 Å². The summed E-state index contributed by atoms with van der Waals surface area (Å²) < 4.78 is 2.29. The molecule has 0 saturated carbocycles. The van der Waals surface area contributed by atoms with E-state index in [0.29, 0.717) is 12.2 Å². The molecule has 1 aromatic carbocycles. The normalized spacial score (nSPS) is 15.1. The number of carbonyl (C=O) groups is 2. The van der Waals surface area contributed by atoms with Gasteiger partial charge in [-0.1, -0.05) is 18.2 Å². The van der Waals surface area contributed by atoms with E-state index in [1.807, 2.05) is 11.8 Å². The molecule has 0 radical (unpaired) electrons. The number of hydrogen-bond acceptors (Lipinski definition) is 4. The van der Waals surface area contributed by atoms with Crippen molar-refractivity contribution in [2.24, 2.45) is 12.0 Å². The lowest BCUT2D eigenvalue weighted by molar-refractivity contribution is -0.134. The van der Waals surface area contributed by atoms with Gasteiger partial charge < -0.3 is 19.7 Å². The topological polar surface area (TPSA) is 95.1 Å². The third kappa shape index (κ3) is 6.39. The van der Waals surface area contributed by atoms with Crippen LogP contribution in [0.5, 0.6) is 0 Å². The van der Waals surface area contributed by atoms with Crippen LogP contribution in [0.1, 0.15) is 18.5 Å². The fourth-order valence-electron chi connectivity index (χ4n) is 3.13. The minimum absolute atomic E-state index is 0.558. The maximum atomic E-state index is 9.55. The van der Waals surface area contributed by atoms with Gasteiger partial charge in [0, 0.05) is 66.5 Å². The van der Waals surface area contributed by atoms with Gasteiger partial charge in [0.25, 0.3) is 0 Å². The van der Waals surface area contributed by atoms with Crippen LogP contribution < -0.4 is 0 Å². The van der Waals surface area contributed by atoms with Crippen LogP contribution in [-0.2, 0) is 16.6 Å². The highest BCUT2D eigenvalue weighted by molar-refractivity contribution is 7.99. The van der Waals surface area contributed by atoms with Gasteiger partial charge in [-0.25, -0.2) is 9.59 Å². The second-order valence-electron chi connectivity index (χ2n) is 6.67. The van der Waals surface area contributed by atoms with E-state index in [-0.39, 0.29) is 0 Å². The number of nitrogens with zero attached hydrogens (tertiary/aromatic N) is 3. The van der Waals surface area contributed by atoms with Crippen LogP contribution in [0.3, 0.4) is 0 Å². The van der Waals surface area contributed by atoms with Crippen LogP contribution in [-0.4, -0.2) is 63.3 Å². The number of carboxylic acids is 2. The molecule has 0 atom stereocenters. The zero-order chi connectivity index (χ0) is 21.4. The van der Waals surface area contributed by atoms with Gasteiger partial charge >= 0.3 is 11.9 Å². The van der Waals surface area contributed by atoms with Gasteiger partial charge in [0.2, 0.25) is 0 Å². The Morgan fingerprint density at radius 2 is 1.83 bits per heavy atom. The molecule has 0 unspecified atom stereocenters. The lowest BCUT2D eigenvalue weighted by Gasteiger charge is -2.10. The molecule has 8 heteroatoms. The summed E-state index contributed by atoms with van der Waals surface area (Å²) in [7, 11) is 4.29. The minimum atomic E-state index is -1.26. The number of thioether (sulfide) groups is 1. The maximum absolute atomic E-state index is 9.55. The van der Waals surface area contributed by atoms with Gasteiger partial charge in [-0.15, -0.1) is 11.8 Å². The van der Waals surface area contributed by atoms with Crippen molar-refractivity contribution >= 4 is 40.4 Å². The third-order valence-corrected chi connectivity index (χ3v) is 5.87. The smallest absolute Gasteiger partial charge is 0.328 e. The standard InChI is InChI=1S/C17H23N3S.C4H4O4/c1-13-17(14-7-4-5-8-15(14)20(13)3)21-12-10-18-16-9-6-11-19(16)2;5-3(6)1-2-4(7)8/h4-5,7-8H,6,9-12H2,1-3H3;1-2H,(H,5,6)(H,7,8)/b;2-1+. The first kappa shape index (κ1) is 22.5. The molecular weight excluding hydrogens is 390 g/mol. The van der Waals surface area contributed by atoms with E-state index < -0.39 is 11.9 Å². The molecular formula is C21H27N3O4S. The fourth-order valence-corrected chi connectivity index (χ4v) is 4.19. The number of amidine groups is 1. The fraction of sp³-hybridized carbons (Fsp3) is 0.381. The average Bonchev–Trinajstić information content (AvgIpc) is 3.20. The number of carboxylic acid groups (broad SMARTS) is 2. The Kier molecular flexibility index (Phi) is 8.33. The Balaban J connectivity index is 0.000000321. The van der Waals surface area contributed by atoms with Gasteiger partial charge in [-0.3, -0.25) is 4.99 Å². The SMILES string of the molecule is Cc1c(SCCN=C2CCCN2C)c2ccccc2n1C.O=C(O)/C=C/C(=O)O. The molecule has 1 aromatic heterocycles. The summed E-state index contributed by atoms with van der Waals surface area (Å²) in [5, 5.41) is 17.0. The zero-order valence-corrected chi connectivity index (χ0v) is 17.8. The van der Waals surface area contributed by atoms with Gasteiger partial charge in [-0.05, 0) is 19.4 Å². The lowest BCUT2D eigenvalue weighted by atomic mass is 10.2. The van der Waals surface area contributed by atoms with Crippen LogP contribution in [0.25, 0.3) is 10.9 Å². The van der Waals surface area contributed by atoms with Crippen molar-refractivity contribution in [1.29, 1.82) is 0 Å². The Morgan fingerprint density at radius 3 is 2.41 bits per heavy atom. The van der Waals surface area contributed by atoms with Crippen molar-refractivity contribution < 1.29 is 19.8 Å². The number of hydrogen-bond donors (Lipinski definition) is 2. The number of aliphatic imine (C=N–C) groups is 1. The highest BCUT2D eigenvalue weighted by atomic mass is 32.2. The molecule has 7 nitrogen and oxygen atoms in total. The predicted octanol–water partition coefficient (Wildman–Crippen LogP) is 3.41. The predicted molar refractivity (Wildman–Crippen MR) is 117 cm³/mol. The van der Waals surface area contributed by atoms with Crippen LogP contribution in [0.15, 0.2) is 46.3 Å². The Hall–Kier alpha value is -2.74. The van der Waals surface area contributed by atoms with E-state index in [4.69, 9.17) is 15.2 Å². The highest BCUT2D eigenvalue weighted by Gasteiger charge is 2.14. The second kappa shape index (κ2) is 10.7. The quantitative estimate of drug-likeness (QED) is 0.425. The number of aryl methyl sites for hydroxylation is 1. The van der Waals surface area contributed by atoms with E-state index in [1.165, 1.54) is 33.7 Å². The van der Waals surface area contributed by atoms with E-state index in [0.717, 1.165) is 25.3 Å². The average molecular weight is 418 g/mol. The van der Waals surface area contributed by atoms with Crippen LogP contribution >= 0.6 is 11.8 Å². The first-order valence-corrected chi connectivity index (χ1v) is 10.3. The molecule has 0 aliphatic carbocycles. The van der Waals surface area contributed by atoms with E-state index in [1.54, 1.807) is 0 Å². The molecule has 0 amide bonds. The number of aromatic nitrogens is 1. The van der Waals surface area contributed by atoms with E-state index in [9.17, 15) is 9.59 Å². The summed E-state index contributed by atoms with van der Waals surface area (Å²) in [5.41, 5.74) is 2.67. The van der Waals surface area contributed by atoms with Crippen molar-refractivity contribution in [3.8, 4) is 0 Å². The van der Waals surface area contributed by atoms with Crippen LogP contribution in [0.4, 0.5) is 0 Å². The van der Waals surface area contributed by atoms with E-state index in [2.05, 4.69) is 54.8 Å². The maximum Gasteiger partial charge on any atom is 0.328 e. The largest absolute Gasteiger partial charge is 0.478 e. The molecule has 0 bridgehead atoms. The number of para-hydroxylation sites is 1. The van der Waals surface area contributed by atoms with Crippen molar-refractivity contribution in [3.05, 3.63) is 42.1 Å². The number of fused-ring (bicyclic) bond motifs is 1. The number of rotatable bonds is 6. The molecule has 0 spiro atoms. The molecule has 1 fully saturated rings. The number of benzene rings is 1. The zero-order valence-electron chi connectivity index (χ0n) is 17.0. The molecule has 156 valence electrons. The number of likely N-dealkylation sites (tertiary alicyclic amines) is 1. The lowest BCUT2D eigenvalue weighted by Crippen LogP contribution is -2.19. The van der Waals surface area contributed by atoms with Crippen LogP contribution in [0.2, 0.25) is 0 Å².